The van der Waals surface area contributed by atoms with Crippen molar-refractivity contribution in [1.29, 1.82) is 0 Å². The Balaban J connectivity index is 1.23. The number of likely N-dealkylation sites (tertiary alicyclic amines) is 1. The normalized spacial score (nSPS) is 21.3. The first kappa shape index (κ1) is 26.2. The van der Waals surface area contributed by atoms with Crippen molar-refractivity contribution in [1.82, 2.24) is 29.0 Å². The van der Waals surface area contributed by atoms with Gasteiger partial charge in [0.2, 0.25) is 5.88 Å². The number of aromatic nitrogens is 5. The van der Waals surface area contributed by atoms with Crippen molar-refractivity contribution >= 4 is 28.0 Å². The number of rotatable bonds is 7. The molecular weight excluding hydrogens is 542 g/mol. The Hall–Kier alpha value is -4.44. The van der Waals surface area contributed by atoms with E-state index in [9.17, 15) is 4.79 Å². The Kier molecular flexibility index (Phi) is 5.98. The summed E-state index contributed by atoms with van der Waals surface area (Å²) in [6.45, 7) is 1.60. The lowest BCUT2D eigenvalue weighted by atomic mass is 10.1. The number of ether oxygens (including phenoxy) is 2. The highest BCUT2D eigenvalue weighted by Crippen LogP contribution is 2.40. The first-order chi connectivity index (χ1) is 20.9. The number of nitrogens with zero attached hydrogens (tertiary/aromatic N) is 6. The number of pyridine rings is 2. The van der Waals surface area contributed by atoms with Crippen LogP contribution in [0.15, 0.2) is 48.7 Å². The van der Waals surface area contributed by atoms with Crippen molar-refractivity contribution in [3.05, 3.63) is 54.2 Å². The molecule has 2 bridgehead atoms. The average Bonchev–Trinajstić information content (AvgIpc) is 3.44. The highest BCUT2D eigenvalue weighted by molar-refractivity contribution is 6.00. The Morgan fingerprint density at radius 1 is 1.02 bits per heavy atom. The predicted octanol–water partition coefficient (Wildman–Crippen LogP) is 4.64. The molecule has 2 N–H and O–H groups in total. The third-order valence-electron chi connectivity index (χ3n) is 9.67. The zero-order valence-electron chi connectivity index (χ0n) is 24.7. The van der Waals surface area contributed by atoms with Crippen LogP contribution in [0.5, 0.6) is 11.6 Å². The number of imidazole rings is 1. The van der Waals surface area contributed by atoms with Crippen LogP contribution in [-0.2, 0) is 13.6 Å². The van der Waals surface area contributed by atoms with Gasteiger partial charge in [0.1, 0.15) is 16.9 Å². The Morgan fingerprint density at radius 3 is 2.56 bits per heavy atom. The molecule has 0 unspecified atom stereocenters. The number of piperidine rings is 1. The molecule has 5 heterocycles. The monoisotopic (exact) mass is 577 g/mol. The maximum atomic E-state index is 13.7. The van der Waals surface area contributed by atoms with Crippen LogP contribution in [0, 0.1) is 11.8 Å². The molecule has 3 atom stereocenters. The minimum atomic E-state index is 0.00245. The summed E-state index contributed by atoms with van der Waals surface area (Å²) >= 11 is 0. The van der Waals surface area contributed by atoms with Gasteiger partial charge in [0.25, 0.3) is 5.91 Å². The quantitative estimate of drug-likeness (QED) is 0.300. The van der Waals surface area contributed by atoms with Gasteiger partial charge in [-0.3, -0.25) is 4.79 Å². The number of carbonyl (C=O) groups excluding carboxylic acids is 1. The Morgan fingerprint density at radius 2 is 1.88 bits per heavy atom. The van der Waals surface area contributed by atoms with Crippen molar-refractivity contribution in [2.24, 2.45) is 24.6 Å². The molecule has 43 heavy (non-hydrogen) atoms. The molecule has 2 saturated carbocycles. The van der Waals surface area contributed by atoms with Crippen molar-refractivity contribution < 1.29 is 14.3 Å². The molecule has 1 aromatic carbocycles. The average molecular weight is 578 g/mol. The van der Waals surface area contributed by atoms with Crippen molar-refractivity contribution in [2.45, 2.75) is 44.3 Å². The van der Waals surface area contributed by atoms with E-state index in [-0.39, 0.29) is 18.0 Å². The van der Waals surface area contributed by atoms with E-state index in [0.717, 1.165) is 70.8 Å². The van der Waals surface area contributed by atoms with Crippen LogP contribution in [0.1, 0.15) is 36.0 Å². The number of aryl methyl sites for hydroxylation is 1. The number of benzene rings is 1. The van der Waals surface area contributed by atoms with E-state index < -0.39 is 0 Å². The van der Waals surface area contributed by atoms with Gasteiger partial charge in [-0.1, -0.05) is 0 Å². The Bertz CT molecular complexity index is 1890. The van der Waals surface area contributed by atoms with Gasteiger partial charge in [-0.2, -0.15) is 0 Å². The maximum Gasteiger partial charge on any atom is 0.254 e. The summed E-state index contributed by atoms with van der Waals surface area (Å²) in [7, 11) is 5.27. The predicted molar refractivity (Wildman–Crippen MR) is 164 cm³/mol. The van der Waals surface area contributed by atoms with Crippen LogP contribution in [0.25, 0.3) is 44.8 Å². The first-order valence-electron chi connectivity index (χ1n) is 15.1. The van der Waals surface area contributed by atoms with Crippen LogP contribution < -0.4 is 15.2 Å². The highest BCUT2D eigenvalue weighted by Gasteiger charge is 2.47. The molecule has 3 fully saturated rings. The van der Waals surface area contributed by atoms with E-state index >= 15 is 0 Å². The fraction of sp³-hybridized carbons (Fsp3) is 0.394. The number of hydrogen-bond acceptors (Lipinski definition) is 7. The van der Waals surface area contributed by atoms with Crippen LogP contribution in [-0.4, -0.2) is 67.7 Å². The zero-order valence-corrected chi connectivity index (χ0v) is 24.7. The number of methoxy groups -OCH3 is 2. The van der Waals surface area contributed by atoms with E-state index in [2.05, 4.69) is 26.3 Å². The highest BCUT2D eigenvalue weighted by atomic mass is 16.5. The Labute approximate surface area is 249 Å². The molecule has 4 aromatic heterocycles. The van der Waals surface area contributed by atoms with Gasteiger partial charge in [-0.25, -0.2) is 15.0 Å². The summed E-state index contributed by atoms with van der Waals surface area (Å²) < 4.78 is 15.5. The lowest BCUT2D eigenvalue weighted by molar-refractivity contribution is 0.0700. The van der Waals surface area contributed by atoms with E-state index in [1.165, 1.54) is 12.8 Å². The van der Waals surface area contributed by atoms with Crippen LogP contribution >= 0.6 is 0 Å². The van der Waals surface area contributed by atoms with Crippen molar-refractivity contribution in [3.63, 3.8) is 0 Å². The minimum Gasteiger partial charge on any atom is -0.494 e. The molecule has 5 aromatic rings. The maximum absolute atomic E-state index is 13.7. The molecule has 3 aliphatic rings. The smallest absolute Gasteiger partial charge is 0.254 e. The lowest BCUT2D eigenvalue weighted by Crippen LogP contribution is -2.41. The first-order valence-corrected chi connectivity index (χ1v) is 15.1. The fourth-order valence-electron chi connectivity index (χ4n) is 7.14. The van der Waals surface area contributed by atoms with E-state index in [1.54, 1.807) is 20.4 Å². The largest absolute Gasteiger partial charge is 0.494 e. The van der Waals surface area contributed by atoms with Gasteiger partial charge in [-0.05, 0) is 73.9 Å². The molecule has 10 heteroatoms. The summed E-state index contributed by atoms with van der Waals surface area (Å²) in [5.74, 6) is 3.03. The molecule has 10 nitrogen and oxygen atoms in total. The van der Waals surface area contributed by atoms with Gasteiger partial charge in [-0.15, -0.1) is 0 Å². The van der Waals surface area contributed by atoms with E-state index in [4.69, 9.17) is 25.2 Å². The standard InChI is InChI=1S/C33H35N7O3/c1-38-30-24(12-22(14-27(30)42-2)33(41)40-17-21-7-10-25(40)29(21)34)37-32(38)26-13-19-6-9-23(20-8-11-28(43-3)35-15-20)36-31(19)39(26)16-18-4-5-18/h6,8-9,11-15,18,21,25,29H,4-5,7,10,16-17,34H2,1-3H3/t21-,25-,29-/m1/s1. The number of carbonyl (C=O) groups is 1. The second-order valence-electron chi connectivity index (χ2n) is 12.3. The molecule has 2 aliphatic carbocycles. The van der Waals surface area contributed by atoms with Gasteiger partial charge in [0, 0.05) is 61.0 Å². The second kappa shape index (κ2) is 9.80. The van der Waals surface area contributed by atoms with Crippen molar-refractivity contribution in [2.75, 3.05) is 20.8 Å². The van der Waals surface area contributed by atoms with E-state index in [1.807, 2.05) is 42.3 Å². The SMILES string of the molecule is COc1ccc(-c2ccc3cc(-c4nc5cc(C(=O)N6C[C@H]7CC[C@@H]6[C@@H]7N)cc(OC)c5n4C)n(CC4CC4)c3n2)cn1. The van der Waals surface area contributed by atoms with Gasteiger partial charge in [0.15, 0.2) is 5.82 Å². The van der Waals surface area contributed by atoms with Crippen molar-refractivity contribution in [3.8, 4) is 34.4 Å². The number of amides is 1. The summed E-state index contributed by atoms with van der Waals surface area (Å²) in [4.78, 5) is 30.3. The third kappa shape index (κ3) is 4.18. The molecule has 0 radical (unpaired) electrons. The lowest BCUT2D eigenvalue weighted by Gasteiger charge is -2.27. The topological polar surface area (TPSA) is 113 Å². The number of hydrogen-bond donors (Lipinski definition) is 1. The minimum absolute atomic E-state index is 0.00245. The molecular formula is C33H35N7O3. The number of nitrogens with two attached hydrogens (primary N) is 1. The molecule has 1 aliphatic heterocycles. The summed E-state index contributed by atoms with van der Waals surface area (Å²) in [5.41, 5.74) is 12.3. The number of fused-ring (bicyclic) bond motifs is 4. The second-order valence-corrected chi connectivity index (χ2v) is 12.3. The summed E-state index contributed by atoms with van der Waals surface area (Å²) in [6, 6.07) is 14.1. The summed E-state index contributed by atoms with van der Waals surface area (Å²) in [6.07, 6.45) is 6.29. The van der Waals surface area contributed by atoms with Gasteiger partial charge < -0.3 is 29.2 Å². The third-order valence-corrected chi connectivity index (χ3v) is 9.67. The summed E-state index contributed by atoms with van der Waals surface area (Å²) in [5, 5.41) is 1.05. The zero-order chi connectivity index (χ0) is 29.4. The van der Waals surface area contributed by atoms with Crippen LogP contribution in [0.3, 0.4) is 0 Å². The molecule has 1 amide bonds. The van der Waals surface area contributed by atoms with E-state index in [0.29, 0.717) is 29.0 Å². The fourth-order valence-corrected chi connectivity index (χ4v) is 7.14. The molecule has 220 valence electrons. The van der Waals surface area contributed by atoms with Crippen LogP contribution in [0.2, 0.25) is 0 Å². The molecule has 1 saturated heterocycles. The molecule has 0 spiro atoms. The van der Waals surface area contributed by atoms with Crippen LogP contribution in [0.4, 0.5) is 0 Å². The van der Waals surface area contributed by atoms with Gasteiger partial charge in [0.05, 0.1) is 31.1 Å². The molecule has 8 rings (SSSR count). The van der Waals surface area contributed by atoms with Gasteiger partial charge >= 0.3 is 0 Å².